The fourth-order valence-electron chi connectivity index (χ4n) is 4.13. The van der Waals surface area contributed by atoms with Gasteiger partial charge in [0, 0.05) is 18.7 Å². The molecule has 0 amide bonds. The smallest absolute Gasteiger partial charge is 0.252 e. The molecule has 0 saturated carbocycles. The number of hydrogen-bond acceptors (Lipinski definition) is 6. The van der Waals surface area contributed by atoms with Gasteiger partial charge >= 0.3 is 0 Å². The molecule has 0 spiro atoms. The third-order valence-electron chi connectivity index (χ3n) is 5.89. The molecular weight excluding hydrogens is 468 g/mol. The predicted octanol–water partition coefficient (Wildman–Crippen LogP) is 4.54. The van der Waals surface area contributed by atoms with Crippen molar-refractivity contribution in [2.24, 2.45) is 0 Å². The second-order valence-corrected chi connectivity index (χ2v) is 10.7. The van der Waals surface area contributed by atoms with Crippen molar-refractivity contribution in [1.82, 2.24) is 18.0 Å². The SMILES string of the molecule is Cc1ccc2nsnc2c1S(=O)(=O)N(Cc1ccccc1)Cc1cc2cccc(C)c2[nH]c1=O. The third kappa shape index (κ3) is 4.02. The van der Waals surface area contributed by atoms with Crippen molar-refractivity contribution in [3.63, 3.8) is 0 Å². The molecule has 9 heteroatoms. The number of benzene rings is 3. The molecule has 5 rings (SSSR count). The Morgan fingerprint density at radius 2 is 1.71 bits per heavy atom. The minimum atomic E-state index is -4.02. The zero-order valence-electron chi connectivity index (χ0n) is 18.6. The highest BCUT2D eigenvalue weighted by Crippen LogP contribution is 2.30. The summed E-state index contributed by atoms with van der Waals surface area (Å²) in [6, 6.07) is 20.4. The molecule has 0 aliphatic carbocycles. The van der Waals surface area contributed by atoms with Crippen molar-refractivity contribution < 1.29 is 8.42 Å². The summed E-state index contributed by atoms with van der Waals surface area (Å²) in [6.07, 6.45) is 0. The van der Waals surface area contributed by atoms with Crippen LogP contribution in [-0.4, -0.2) is 26.5 Å². The van der Waals surface area contributed by atoms with Crippen molar-refractivity contribution in [3.05, 3.63) is 99.3 Å². The van der Waals surface area contributed by atoms with Crippen molar-refractivity contribution in [3.8, 4) is 0 Å². The molecule has 0 atom stereocenters. The Bertz CT molecular complexity index is 1680. The van der Waals surface area contributed by atoms with E-state index in [4.69, 9.17) is 0 Å². The number of nitrogens with zero attached hydrogens (tertiary/aromatic N) is 3. The minimum Gasteiger partial charge on any atom is -0.321 e. The average Bonchev–Trinajstić information content (AvgIpc) is 3.28. The fourth-order valence-corrected chi connectivity index (χ4v) is 6.49. The van der Waals surface area contributed by atoms with Crippen LogP contribution in [0.4, 0.5) is 0 Å². The molecule has 0 aliphatic rings. The molecule has 0 radical (unpaired) electrons. The maximum Gasteiger partial charge on any atom is 0.252 e. The van der Waals surface area contributed by atoms with E-state index in [-0.39, 0.29) is 23.5 Å². The maximum absolute atomic E-state index is 14.1. The summed E-state index contributed by atoms with van der Waals surface area (Å²) in [7, 11) is -4.02. The van der Waals surface area contributed by atoms with Crippen LogP contribution in [0, 0.1) is 13.8 Å². The van der Waals surface area contributed by atoms with E-state index in [1.54, 1.807) is 25.1 Å². The molecule has 0 saturated heterocycles. The number of nitrogens with one attached hydrogen (secondary N) is 1. The van der Waals surface area contributed by atoms with E-state index in [2.05, 4.69) is 13.7 Å². The van der Waals surface area contributed by atoms with Gasteiger partial charge in [-0.2, -0.15) is 13.1 Å². The Morgan fingerprint density at radius 1 is 0.912 bits per heavy atom. The lowest BCUT2D eigenvalue weighted by molar-refractivity contribution is 0.400. The number of aryl methyl sites for hydroxylation is 2. The largest absolute Gasteiger partial charge is 0.321 e. The summed E-state index contributed by atoms with van der Waals surface area (Å²) in [6.45, 7) is 3.71. The van der Waals surface area contributed by atoms with Crippen molar-refractivity contribution in [2.45, 2.75) is 31.8 Å². The zero-order chi connectivity index (χ0) is 23.9. The predicted molar refractivity (Wildman–Crippen MR) is 134 cm³/mol. The van der Waals surface area contributed by atoms with Crippen molar-refractivity contribution >= 4 is 43.7 Å². The van der Waals surface area contributed by atoms with Gasteiger partial charge in [-0.1, -0.05) is 54.6 Å². The highest BCUT2D eigenvalue weighted by atomic mass is 32.2. The number of H-pyrrole nitrogens is 1. The molecule has 34 heavy (non-hydrogen) atoms. The Kier molecular flexibility index (Phi) is 5.76. The fraction of sp³-hybridized carbons (Fsp3) is 0.160. The van der Waals surface area contributed by atoms with E-state index in [1.807, 2.05) is 55.5 Å². The summed E-state index contributed by atoms with van der Waals surface area (Å²) in [5, 5.41) is 0.855. The lowest BCUT2D eigenvalue weighted by atomic mass is 10.1. The normalized spacial score (nSPS) is 12.1. The summed E-state index contributed by atoms with van der Waals surface area (Å²) in [5.41, 5.74) is 4.07. The molecule has 172 valence electrons. The molecule has 0 fully saturated rings. The molecule has 0 unspecified atom stereocenters. The Labute approximate surface area is 201 Å². The number of aromatic nitrogens is 3. The Balaban J connectivity index is 1.65. The number of para-hydroxylation sites is 1. The Morgan fingerprint density at radius 3 is 2.50 bits per heavy atom. The monoisotopic (exact) mass is 490 g/mol. The lowest BCUT2D eigenvalue weighted by Gasteiger charge is -2.23. The van der Waals surface area contributed by atoms with E-state index in [9.17, 15) is 13.2 Å². The van der Waals surface area contributed by atoms with Crippen LogP contribution < -0.4 is 5.56 Å². The van der Waals surface area contributed by atoms with Gasteiger partial charge in [0.25, 0.3) is 5.56 Å². The second-order valence-electron chi connectivity index (χ2n) is 8.27. The highest BCUT2D eigenvalue weighted by Gasteiger charge is 2.30. The summed E-state index contributed by atoms with van der Waals surface area (Å²) in [4.78, 5) is 16.0. The summed E-state index contributed by atoms with van der Waals surface area (Å²) < 4.78 is 37.9. The first-order valence-electron chi connectivity index (χ1n) is 10.7. The first-order chi connectivity index (χ1) is 16.3. The molecule has 1 N–H and O–H groups in total. The summed E-state index contributed by atoms with van der Waals surface area (Å²) >= 11 is 0.979. The van der Waals surface area contributed by atoms with Gasteiger partial charge in [0.1, 0.15) is 15.9 Å². The number of aromatic amines is 1. The van der Waals surface area contributed by atoms with Crippen molar-refractivity contribution in [1.29, 1.82) is 0 Å². The van der Waals surface area contributed by atoms with Gasteiger partial charge in [-0.25, -0.2) is 8.42 Å². The number of hydrogen-bond donors (Lipinski definition) is 1. The van der Waals surface area contributed by atoms with Crippen molar-refractivity contribution in [2.75, 3.05) is 0 Å². The second kappa shape index (κ2) is 8.75. The molecule has 2 aromatic heterocycles. The highest BCUT2D eigenvalue weighted by molar-refractivity contribution is 7.89. The average molecular weight is 491 g/mol. The number of fused-ring (bicyclic) bond motifs is 2. The topological polar surface area (TPSA) is 96.0 Å². The van der Waals surface area contributed by atoms with E-state index >= 15 is 0 Å². The van der Waals surface area contributed by atoms with E-state index in [0.717, 1.165) is 33.8 Å². The minimum absolute atomic E-state index is 0.0795. The standard InChI is InChI=1S/C25H22N4O3S2/c1-16-7-6-10-19-13-20(25(30)26-22(16)19)15-29(14-18-8-4-3-5-9-18)34(31,32)24-17(2)11-12-21-23(24)28-33-27-21/h3-13H,14-15H2,1-2H3,(H,26,30). The van der Waals surface area contributed by atoms with Gasteiger partial charge in [-0.15, -0.1) is 0 Å². The maximum atomic E-state index is 14.1. The van der Waals surface area contributed by atoms with Gasteiger partial charge in [-0.3, -0.25) is 4.79 Å². The first kappa shape index (κ1) is 22.4. The van der Waals surface area contributed by atoms with E-state index in [1.165, 1.54) is 4.31 Å². The van der Waals surface area contributed by atoms with Gasteiger partial charge in [-0.05, 0) is 48.1 Å². The van der Waals surface area contributed by atoms with Crippen LogP contribution in [0.5, 0.6) is 0 Å². The molecular formula is C25H22N4O3S2. The quantitative estimate of drug-likeness (QED) is 0.377. The molecule has 0 aliphatic heterocycles. The molecule has 2 heterocycles. The Hall–Kier alpha value is -3.40. The van der Waals surface area contributed by atoms with Crippen LogP contribution in [0.25, 0.3) is 21.9 Å². The van der Waals surface area contributed by atoms with Crippen LogP contribution in [0.1, 0.15) is 22.3 Å². The van der Waals surface area contributed by atoms with Gasteiger partial charge in [0.15, 0.2) is 0 Å². The molecule has 5 aromatic rings. The molecule has 3 aromatic carbocycles. The number of rotatable bonds is 6. The molecule has 0 bridgehead atoms. The number of sulfonamides is 1. The van der Waals surface area contributed by atoms with Gasteiger partial charge in [0.05, 0.1) is 17.2 Å². The van der Waals surface area contributed by atoms with Crippen LogP contribution in [-0.2, 0) is 23.1 Å². The van der Waals surface area contributed by atoms with Crippen LogP contribution in [0.3, 0.4) is 0 Å². The van der Waals surface area contributed by atoms with Gasteiger partial charge < -0.3 is 4.98 Å². The van der Waals surface area contributed by atoms with Crippen LogP contribution in [0.15, 0.2) is 76.4 Å². The van der Waals surface area contributed by atoms with E-state index < -0.39 is 10.0 Å². The third-order valence-corrected chi connectivity index (χ3v) is 8.40. The first-order valence-corrected chi connectivity index (χ1v) is 12.9. The van der Waals surface area contributed by atoms with Gasteiger partial charge in [0.2, 0.25) is 10.0 Å². The summed E-state index contributed by atoms with van der Waals surface area (Å²) in [5.74, 6) is 0. The van der Waals surface area contributed by atoms with Crippen LogP contribution in [0.2, 0.25) is 0 Å². The van der Waals surface area contributed by atoms with E-state index in [0.29, 0.717) is 22.2 Å². The van der Waals surface area contributed by atoms with Crippen LogP contribution >= 0.6 is 11.7 Å². The zero-order valence-corrected chi connectivity index (χ0v) is 20.3. The lowest BCUT2D eigenvalue weighted by Crippen LogP contribution is -2.33. The molecule has 7 nitrogen and oxygen atoms in total. The number of pyridine rings is 1.